The van der Waals surface area contributed by atoms with Crippen LogP contribution in [0.4, 0.5) is 5.82 Å². The molecule has 33 heavy (non-hydrogen) atoms. The van der Waals surface area contributed by atoms with E-state index in [1.165, 1.54) is 0 Å². The summed E-state index contributed by atoms with van der Waals surface area (Å²) in [5.74, 6) is 1.59. The fourth-order valence-corrected chi connectivity index (χ4v) is 5.33. The number of ketones is 1. The van der Waals surface area contributed by atoms with E-state index >= 15 is 0 Å². The van der Waals surface area contributed by atoms with E-state index in [1.54, 1.807) is 24.8 Å². The van der Waals surface area contributed by atoms with Crippen LogP contribution in [0.2, 0.25) is 0 Å². The first kappa shape index (κ1) is 19.8. The van der Waals surface area contributed by atoms with Crippen molar-refractivity contribution in [1.29, 1.82) is 0 Å². The molecule has 6 rings (SSSR count). The van der Waals surface area contributed by atoms with Gasteiger partial charge in [0.15, 0.2) is 11.6 Å². The van der Waals surface area contributed by atoms with Crippen molar-refractivity contribution < 1.29 is 9.59 Å². The van der Waals surface area contributed by atoms with Gasteiger partial charge in [-0.25, -0.2) is 4.98 Å². The maximum atomic E-state index is 12.7. The van der Waals surface area contributed by atoms with Crippen LogP contribution in [0.15, 0.2) is 73.4 Å². The lowest BCUT2D eigenvalue weighted by molar-refractivity contribution is -0.115. The molecule has 0 unspecified atom stereocenters. The Hall–Kier alpha value is -3.87. The zero-order valence-corrected chi connectivity index (χ0v) is 18.0. The van der Waals surface area contributed by atoms with E-state index in [2.05, 4.69) is 24.8 Å². The van der Waals surface area contributed by atoms with Crippen LogP contribution >= 0.6 is 0 Å². The van der Waals surface area contributed by atoms with Crippen LogP contribution in [0.3, 0.4) is 0 Å². The molecule has 3 aromatic heterocycles. The Bertz CT molecular complexity index is 1340. The lowest BCUT2D eigenvalue weighted by Gasteiger charge is -2.15. The topological polar surface area (TPSA) is 89.8 Å². The number of amides is 1. The zero-order valence-electron chi connectivity index (χ0n) is 18.0. The van der Waals surface area contributed by atoms with Gasteiger partial charge in [0, 0.05) is 35.9 Å². The number of Topliss-reactive ketones (excluding diaryl/α,β-unsaturated/α-hetero) is 1. The van der Waals surface area contributed by atoms with Gasteiger partial charge in [-0.2, -0.15) is 0 Å². The minimum absolute atomic E-state index is 0.0984. The molecule has 7 heteroatoms. The molecule has 1 amide bonds. The van der Waals surface area contributed by atoms with E-state index in [4.69, 9.17) is 0 Å². The molecule has 0 radical (unpaired) electrons. The van der Waals surface area contributed by atoms with Crippen molar-refractivity contribution >= 4 is 28.4 Å². The fourth-order valence-electron chi connectivity index (χ4n) is 5.33. The van der Waals surface area contributed by atoms with E-state index in [1.807, 2.05) is 48.7 Å². The quantitative estimate of drug-likeness (QED) is 0.459. The summed E-state index contributed by atoms with van der Waals surface area (Å²) in [5.41, 5.74) is 2.43. The lowest BCUT2D eigenvalue weighted by atomic mass is 10.0. The lowest BCUT2D eigenvalue weighted by Crippen LogP contribution is -2.15. The fraction of sp³-hybridized carbons (Fsp3) is 0.269. The molecule has 2 aliphatic rings. The first-order chi connectivity index (χ1) is 16.2. The minimum Gasteiger partial charge on any atom is -0.332 e. The van der Waals surface area contributed by atoms with Crippen LogP contribution in [0, 0.1) is 17.8 Å². The summed E-state index contributed by atoms with van der Waals surface area (Å²) in [5, 5.41) is 3.92. The Labute approximate surface area is 190 Å². The maximum absolute atomic E-state index is 12.7. The van der Waals surface area contributed by atoms with Crippen LogP contribution in [0.25, 0.3) is 10.9 Å². The monoisotopic (exact) mass is 437 g/mol. The number of rotatable bonds is 6. The molecule has 3 heterocycles. The Morgan fingerprint density at radius 3 is 2.64 bits per heavy atom. The predicted molar refractivity (Wildman–Crippen MR) is 124 cm³/mol. The van der Waals surface area contributed by atoms with Crippen molar-refractivity contribution in [3.63, 3.8) is 0 Å². The van der Waals surface area contributed by atoms with E-state index in [0.717, 1.165) is 29.3 Å². The highest BCUT2D eigenvalue weighted by atomic mass is 16.1. The van der Waals surface area contributed by atoms with Crippen molar-refractivity contribution in [2.24, 2.45) is 17.8 Å². The third-order valence-corrected chi connectivity index (χ3v) is 6.96. The number of anilines is 1. The van der Waals surface area contributed by atoms with Crippen LogP contribution in [0.1, 0.15) is 34.9 Å². The normalized spacial score (nSPS) is 21.6. The van der Waals surface area contributed by atoms with Gasteiger partial charge in [0.25, 0.3) is 0 Å². The number of pyridine rings is 2. The van der Waals surface area contributed by atoms with Crippen molar-refractivity contribution in [3.8, 4) is 0 Å². The average Bonchev–Trinajstić information content (AvgIpc) is 3.16. The zero-order chi connectivity index (χ0) is 22.4. The van der Waals surface area contributed by atoms with Gasteiger partial charge in [0.05, 0.1) is 18.3 Å². The molecule has 0 saturated heterocycles. The van der Waals surface area contributed by atoms with E-state index in [-0.39, 0.29) is 24.0 Å². The smallest absolute Gasteiger partial charge is 0.229 e. The van der Waals surface area contributed by atoms with Crippen molar-refractivity contribution in [3.05, 3.63) is 84.7 Å². The number of aromatic nitrogens is 4. The van der Waals surface area contributed by atoms with Crippen LogP contribution in [0.5, 0.6) is 0 Å². The SMILES string of the molecule is O=C(Cc1ccc2ncccc2c1)Nc1cn(C2C[C@H]3C(C(=O)c4ccccn4)[C@@H]3C2)cn1. The molecule has 0 spiro atoms. The molecule has 0 aliphatic heterocycles. The van der Waals surface area contributed by atoms with Gasteiger partial charge in [-0.15, -0.1) is 0 Å². The van der Waals surface area contributed by atoms with Crippen molar-refractivity contribution in [2.45, 2.75) is 25.3 Å². The number of nitrogens with zero attached hydrogens (tertiary/aromatic N) is 4. The number of nitrogens with one attached hydrogen (secondary N) is 1. The Morgan fingerprint density at radius 2 is 1.82 bits per heavy atom. The molecule has 164 valence electrons. The summed E-state index contributed by atoms with van der Waals surface area (Å²) in [6, 6.07) is 15.6. The first-order valence-corrected chi connectivity index (χ1v) is 11.3. The van der Waals surface area contributed by atoms with Gasteiger partial charge in [-0.05, 0) is 60.6 Å². The van der Waals surface area contributed by atoms with Gasteiger partial charge in [0.2, 0.25) is 5.91 Å². The van der Waals surface area contributed by atoms with Gasteiger partial charge < -0.3 is 9.88 Å². The highest BCUT2D eigenvalue weighted by molar-refractivity contribution is 5.98. The number of hydrogen-bond donors (Lipinski definition) is 1. The standard InChI is InChI=1S/C26H23N5O2/c32-24(11-16-6-7-21-17(10-16)4-3-9-27-21)30-23-14-31(15-29-23)18-12-19-20(13-18)25(19)26(33)22-5-1-2-8-28-22/h1-10,14-15,18-20,25H,11-13H2,(H,30,32)/t18?,19-,20-,25?/m1/s1. The summed E-state index contributed by atoms with van der Waals surface area (Å²) in [7, 11) is 0. The van der Waals surface area contributed by atoms with E-state index < -0.39 is 0 Å². The highest BCUT2D eigenvalue weighted by Crippen LogP contribution is 2.61. The van der Waals surface area contributed by atoms with Gasteiger partial charge in [0.1, 0.15) is 5.69 Å². The molecule has 2 atom stereocenters. The molecule has 0 bridgehead atoms. The van der Waals surface area contributed by atoms with Crippen LogP contribution in [-0.4, -0.2) is 31.2 Å². The molecular formula is C26H23N5O2. The molecule has 4 aromatic rings. The number of carbonyl (C=O) groups excluding carboxylic acids is 2. The summed E-state index contributed by atoms with van der Waals surface area (Å²) >= 11 is 0. The second-order valence-electron chi connectivity index (χ2n) is 9.02. The number of hydrogen-bond acceptors (Lipinski definition) is 5. The number of imidazole rings is 1. The summed E-state index contributed by atoms with van der Waals surface area (Å²) < 4.78 is 2.08. The summed E-state index contributed by atoms with van der Waals surface area (Å²) in [4.78, 5) is 38.1. The number of carbonyl (C=O) groups is 2. The second-order valence-corrected chi connectivity index (χ2v) is 9.02. The predicted octanol–water partition coefficient (Wildman–Crippen LogP) is 4.09. The minimum atomic E-state index is -0.0984. The largest absolute Gasteiger partial charge is 0.332 e. The van der Waals surface area contributed by atoms with Crippen molar-refractivity contribution in [1.82, 2.24) is 19.5 Å². The van der Waals surface area contributed by atoms with Gasteiger partial charge >= 0.3 is 0 Å². The van der Waals surface area contributed by atoms with E-state index in [0.29, 0.717) is 29.4 Å². The third-order valence-electron chi connectivity index (χ3n) is 6.96. The second kappa shape index (κ2) is 7.92. The van der Waals surface area contributed by atoms with Crippen LogP contribution < -0.4 is 5.32 Å². The summed E-state index contributed by atoms with van der Waals surface area (Å²) in [6.07, 6.45) is 9.31. The first-order valence-electron chi connectivity index (χ1n) is 11.3. The molecule has 1 aromatic carbocycles. The Balaban J connectivity index is 1.05. The van der Waals surface area contributed by atoms with Gasteiger partial charge in [-0.1, -0.05) is 18.2 Å². The molecule has 7 nitrogen and oxygen atoms in total. The van der Waals surface area contributed by atoms with E-state index in [9.17, 15) is 9.59 Å². The molecule has 1 N–H and O–H groups in total. The van der Waals surface area contributed by atoms with Gasteiger partial charge in [-0.3, -0.25) is 19.6 Å². The Morgan fingerprint density at radius 1 is 0.970 bits per heavy atom. The average molecular weight is 438 g/mol. The number of benzene rings is 1. The molecule has 2 aliphatic carbocycles. The molecule has 2 fully saturated rings. The highest BCUT2D eigenvalue weighted by Gasteiger charge is 2.59. The number of fused-ring (bicyclic) bond motifs is 2. The van der Waals surface area contributed by atoms with Crippen molar-refractivity contribution in [2.75, 3.05) is 5.32 Å². The summed E-state index contributed by atoms with van der Waals surface area (Å²) in [6.45, 7) is 0. The van der Waals surface area contributed by atoms with Crippen LogP contribution in [-0.2, 0) is 11.2 Å². The molecule has 2 saturated carbocycles. The maximum Gasteiger partial charge on any atom is 0.229 e. The third kappa shape index (κ3) is 3.80. The molecular weight excluding hydrogens is 414 g/mol. The Kier molecular flexibility index (Phi) is 4.75.